The van der Waals surface area contributed by atoms with Crippen LogP contribution in [-0.2, 0) is 0 Å². The van der Waals surface area contributed by atoms with E-state index in [1.807, 2.05) is 36.4 Å². The molecular weight excluding hydrogens is 302 g/mol. The molecule has 2 aliphatic rings. The fourth-order valence-corrected chi connectivity index (χ4v) is 3.69. The molecule has 4 heteroatoms. The SMILES string of the molecule is COc1cccc2c1-c1cccc(OCCN3CCCC3)c1C2=O. The van der Waals surface area contributed by atoms with Crippen LogP contribution < -0.4 is 9.47 Å². The second-order valence-corrected chi connectivity index (χ2v) is 6.29. The van der Waals surface area contributed by atoms with Crippen molar-refractivity contribution in [3.05, 3.63) is 47.5 Å². The number of methoxy groups -OCH3 is 1. The highest BCUT2D eigenvalue weighted by Crippen LogP contribution is 2.45. The third kappa shape index (κ3) is 2.47. The van der Waals surface area contributed by atoms with Gasteiger partial charge in [0.25, 0.3) is 0 Å². The number of nitrogens with zero attached hydrogens (tertiary/aromatic N) is 1. The summed E-state index contributed by atoms with van der Waals surface area (Å²) in [5.41, 5.74) is 3.15. The van der Waals surface area contributed by atoms with Crippen LogP contribution in [0.2, 0.25) is 0 Å². The maximum absolute atomic E-state index is 12.9. The molecule has 0 unspecified atom stereocenters. The van der Waals surface area contributed by atoms with Crippen LogP contribution in [0.5, 0.6) is 11.5 Å². The molecule has 24 heavy (non-hydrogen) atoms. The molecule has 1 fully saturated rings. The molecule has 4 nitrogen and oxygen atoms in total. The molecule has 0 bridgehead atoms. The Labute approximate surface area is 142 Å². The van der Waals surface area contributed by atoms with Crippen molar-refractivity contribution in [3.63, 3.8) is 0 Å². The zero-order chi connectivity index (χ0) is 16.5. The van der Waals surface area contributed by atoms with Gasteiger partial charge >= 0.3 is 0 Å². The molecule has 0 aromatic heterocycles. The largest absolute Gasteiger partial charge is 0.496 e. The lowest BCUT2D eigenvalue weighted by Crippen LogP contribution is -2.25. The minimum atomic E-state index is 0.0238. The normalized spacial score (nSPS) is 16.1. The lowest BCUT2D eigenvalue weighted by atomic mass is 10.0. The van der Waals surface area contributed by atoms with E-state index in [1.165, 1.54) is 12.8 Å². The average molecular weight is 323 g/mol. The van der Waals surface area contributed by atoms with Gasteiger partial charge in [-0.25, -0.2) is 0 Å². The molecule has 4 rings (SSSR count). The van der Waals surface area contributed by atoms with E-state index >= 15 is 0 Å². The molecule has 0 amide bonds. The topological polar surface area (TPSA) is 38.8 Å². The first-order valence-electron chi connectivity index (χ1n) is 8.50. The van der Waals surface area contributed by atoms with Crippen molar-refractivity contribution in [2.45, 2.75) is 12.8 Å². The van der Waals surface area contributed by atoms with E-state index < -0.39 is 0 Å². The summed E-state index contributed by atoms with van der Waals surface area (Å²) in [6.45, 7) is 3.82. The fraction of sp³-hybridized carbons (Fsp3) is 0.350. The van der Waals surface area contributed by atoms with Crippen molar-refractivity contribution in [3.8, 4) is 22.6 Å². The second-order valence-electron chi connectivity index (χ2n) is 6.29. The summed E-state index contributed by atoms with van der Waals surface area (Å²) < 4.78 is 11.4. The standard InChI is InChI=1S/C20H21NO3/c1-23-16-8-5-7-15-18(16)14-6-4-9-17(19(14)20(15)22)24-13-12-21-10-2-3-11-21/h4-9H,2-3,10-13H2,1H3. The quantitative estimate of drug-likeness (QED) is 0.721. The van der Waals surface area contributed by atoms with Crippen LogP contribution in [0.1, 0.15) is 28.8 Å². The highest BCUT2D eigenvalue weighted by Gasteiger charge is 2.32. The molecule has 124 valence electrons. The van der Waals surface area contributed by atoms with E-state index in [0.29, 0.717) is 23.5 Å². The molecule has 0 saturated carbocycles. The average Bonchev–Trinajstić information content (AvgIpc) is 3.23. The Bertz CT molecular complexity index is 778. The van der Waals surface area contributed by atoms with Gasteiger partial charge in [-0.3, -0.25) is 9.69 Å². The molecule has 1 aliphatic carbocycles. The zero-order valence-corrected chi connectivity index (χ0v) is 13.9. The molecule has 0 N–H and O–H groups in total. The summed E-state index contributed by atoms with van der Waals surface area (Å²) in [5, 5.41) is 0. The number of likely N-dealkylation sites (tertiary alicyclic amines) is 1. The van der Waals surface area contributed by atoms with E-state index in [9.17, 15) is 4.79 Å². The molecule has 1 heterocycles. The summed E-state index contributed by atoms with van der Waals surface area (Å²) in [6.07, 6.45) is 2.54. The highest BCUT2D eigenvalue weighted by atomic mass is 16.5. The van der Waals surface area contributed by atoms with Crippen molar-refractivity contribution < 1.29 is 14.3 Å². The van der Waals surface area contributed by atoms with Gasteiger partial charge in [0.2, 0.25) is 0 Å². The molecule has 2 aromatic carbocycles. The predicted octanol–water partition coefficient (Wildman–Crippen LogP) is 3.38. The minimum absolute atomic E-state index is 0.0238. The second kappa shape index (κ2) is 6.29. The summed E-state index contributed by atoms with van der Waals surface area (Å²) in [4.78, 5) is 15.3. The summed E-state index contributed by atoms with van der Waals surface area (Å²) in [5.74, 6) is 1.43. The number of carbonyl (C=O) groups excluding carboxylic acids is 1. The van der Waals surface area contributed by atoms with Crippen LogP contribution in [0, 0.1) is 0 Å². The maximum atomic E-state index is 12.9. The minimum Gasteiger partial charge on any atom is -0.496 e. The first-order chi connectivity index (χ1) is 11.8. The number of ketones is 1. The van der Waals surface area contributed by atoms with Gasteiger partial charge in [0.15, 0.2) is 5.78 Å². The van der Waals surface area contributed by atoms with Gasteiger partial charge in [-0.1, -0.05) is 24.3 Å². The molecule has 1 aliphatic heterocycles. The first-order valence-corrected chi connectivity index (χ1v) is 8.50. The maximum Gasteiger partial charge on any atom is 0.198 e. The van der Waals surface area contributed by atoms with E-state index in [0.717, 1.165) is 36.5 Å². The molecule has 0 spiro atoms. The Morgan fingerprint density at radius 3 is 2.42 bits per heavy atom. The van der Waals surface area contributed by atoms with Crippen LogP contribution in [-0.4, -0.2) is 44.0 Å². The number of rotatable bonds is 5. The smallest absolute Gasteiger partial charge is 0.198 e. The fourth-order valence-electron chi connectivity index (χ4n) is 3.69. The van der Waals surface area contributed by atoms with Crippen LogP contribution in [0.15, 0.2) is 36.4 Å². The molecule has 0 atom stereocenters. The van der Waals surface area contributed by atoms with Crippen molar-refractivity contribution in [1.29, 1.82) is 0 Å². The van der Waals surface area contributed by atoms with Crippen molar-refractivity contribution in [2.24, 2.45) is 0 Å². The summed E-state index contributed by atoms with van der Waals surface area (Å²) in [6, 6.07) is 11.4. The van der Waals surface area contributed by atoms with Gasteiger partial charge in [-0.05, 0) is 38.1 Å². The number of benzene rings is 2. The van der Waals surface area contributed by atoms with Gasteiger partial charge in [0.05, 0.1) is 12.7 Å². The first kappa shape index (κ1) is 15.2. The number of ether oxygens (including phenoxy) is 2. The van der Waals surface area contributed by atoms with Crippen molar-refractivity contribution >= 4 is 5.78 Å². The van der Waals surface area contributed by atoms with Crippen molar-refractivity contribution in [1.82, 2.24) is 4.90 Å². The number of hydrogen-bond acceptors (Lipinski definition) is 4. The Hall–Kier alpha value is -2.33. The molecule has 1 saturated heterocycles. The monoisotopic (exact) mass is 323 g/mol. The van der Waals surface area contributed by atoms with Gasteiger partial charge in [0, 0.05) is 23.2 Å². The van der Waals surface area contributed by atoms with Gasteiger partial charge in [-0.2, -0.15) is 0 Å². The van der Waals surface area contributed by atoms with E-state index in [4.69, 9.17) is 9.47 Å². The van der Waals surface area contributed by atoms with Crippen LogP contribution in [0.4, 0.5) is 0 Å². The molecule has 0 radical (unpaired) electrons. The van der Waals surface area contributed by atoms with E-state index in [2.05, 4.69) is 4.90 Å². The van der Waals surface area contributed by atoms with Crippen LogP contribution >= 0.6 is 0 Å². The Morgan fingerprint density at radius 2 is 1.67 bits per heavy atom. The van der Waals surface area contributed by atoms with Gasteiger partial charge in [-0.15, -0.1) is 0 Å². The van der Waals surface area contributed by atoms with E-state index in [1.54, 1.807) is 7.11 Å². The van der Waals surface area contributed by atoms with Gasteiger partial charge < -0.3 is 9.47 Å². The highest BCUT2D eigenvalue weighted by molar-refractivity contribution is 6.24. The Kier molecular flexibility index (Phi) is 3.98. The van der Waals surface area contributed by atoms with Gasteiger partial charge in [0.1, 0.15) is 18.1 Å². The zero-order valence-electron chi connectivity index (χ0n) is 13.9. The number of hydrogen-bond donors (Lipinski definition) is 0. The third-order valence-corrected chi connectivity index (χ3v) is 4.88. The van der Waals surface area contributed by atoms with Crippen LogP contribution in [0.3, 0.4) is 0 Å². The Morgan fingerprint density at radius 1 is 0.958 bits per heavy atom. The predicted molar refractivity (Wildman–Crippen MR) is 93.0 cm³/mol. The lowest BCUT2D eigenvalue weighted by molar-refractivity contribution is 0.103. The lowest BCUT2D eigenvalue weighted by Gasteiger charge is -2.16. The van der Waals surface area contributed by atoms with Crippen LogP contribution in [0.25, 0.3) is 11.1 Å². The van der Waals surface area contributed by atoms with Crippen molar-refractivity contribution in [2.75, 3.05) is 33.4 Å². The molecule has 2 aromatic rings. The van der Waals surface area contributed by atoms with E-state index in [-0.39, 0.29) is 5.78 Å². The summed E-state index contributed by atoms with van der Waals surface area (Å²) >= 11 is 0. The summed E-state index contributed by atoms with van der Waals surface area (Å²) in [7, 11) is 1.63. The molecular formula is C20H21NO3. The number of fused-ring (bicyclic) bond motifs is 3. The number of carbonyl (C=O) groups is 1. The third-order valence-electron chi connectivity index (χ3n) is 4.88. The Balaban J connectivity index is 1.62.